The average molecular weight is 181 g/mol. The number of hydrogen-bond donors (Lipinski definition) is 0. The molecule has 3 fully saturated rings. The van der Waals surface area contributed by atoms with Gasteiger partial charge in [-0.05, 0) is 12.8 Å². The molecular formula is C10H15NO2. The Morgan fingerprint density at radius 1 is 1.38 bits per heavy atom. The summed E-state index contributed by atoms with van der Waals surface area (Å²) in [6.45, 7) is 1.48. The molecule has 0 aromatic heterocycles. The third kappa shape index (κ3) is 0.891. The van der Waals surface area contributed by atoms with Crippen LogP contribution in [-0.2, 0) is 9.63 Å². The first-order valence-electron chi connectivity index (χ1n) is 5.26. The van der Waals surface area contributed by atoms with Crippen LogP contribution in [-0.4, -0.2) is 29.5 Å². The van der Waals surface area contributed by atoms with Crippen molar-refractivity contribution in [3.8, 4) is 0 Å². The summed E-state index contributed by atoms with van der Waals surface area (Å²) in [7, 11) is 0. The summed E-state index contributed by atoms with van der Waals surface area (Å²) in [4.78, 5) is 17.3. The van der Waals surface area contributed by atoms with Gasteiger partial charge in [0.25, 0.3) is 0 Å². The second kappa shape index (κ2) is 2.55. The lowest BCUT2D eigenvalue weighted by molar-refractivity contribution is -0.171. The van der Waals surface area contributed by atoms with Crippen molar-refractivity contribution >= 4 is 5.78 Å². The monoisotopic (exact) mass is 181 g/mol. The van der Waals surface area contributed by atoms with E-state index >= 15 is 0 Å². The van der Waals surface area contributed by atoms with Gasteiger partial charge in [-0.15, -0.1) is 0 Å². The minimum Gasteiger partial charge on any atom is -0.299 e. The highest BCUT2D eigenvalue weighted by Gasteiger charge is 2.56. The first-order chi connectivity index (χ1) is 6.33. The molecule has 0 N–H and O–H groups in total. The molecule has 0 amide bonds. The largest absolute Gasteiger partial charge is 0.299 e. The lowest BCUT2D eigenvalue weighted by atomic mass is 9.77. The molecule has 3 nitrogen and oxygen atoms in total. The zero-order valence-corrected chi connectivity index (χ0v) is 7.79. The second-order valence-electron chi connectivity index (χ2n) is 4.48. The molecule has 2 aliphatic heterocycles. The van der Waals surface area contributed by atoms with Crippen LogP contribution in [0.1, 0.15) is 32.1 Å². The predicted molar refractivity (Wildman–Crippen MR) is 47.0 cm³/mol. The molecule has 2 unspecified atom stereocenters. The molecule has 2 saturated heterocycles. The minimum absolute atomic E-state index is 0.134. The number of piperidine rings is 1. The third-order valence-electron chi connectivity index (χ3n) is 3.96. The molecule has 0 radical (unpaired) electrons. The highest BCUT2D eigenvalue weighted by atomic mass is 16.7. The van der Waals surface area contributed by atoms with Crippen molar-refractivity contribution in [2.75, 3.05) is 13.2 Å². The highest BCUT2D eigenvalue weighted by molar-refractivity contribution is 5.84. The van der Waals surface area contributed by atoms with E-state index in [0.29, 0.717) is 18.8 Å². The van der Waals surface area contributed by atoms with Gasteiger partial charge in [-0.25, -0.2) is 0 Å². The lowest BCUT2D eigenvalue weighted by Crippen LogP contribution is -2.52. The SMILES string of the molecule is O=C1CCN2OCC1C21CCCC1. The van der Waals surface area contributed by atoms with E-state index in [-0.39, 0.29) is 11.5 Å². The molecule has 3 rings (SSSR count). The van der Waals surface area contributed by atoms with E-state index < -0.39 is 0 Å². The van der Waals surface area contributed by atoms with E-state index in [2.05, 4.69) is 5.06 Å². The van der Waals surface area contributed by atoms with Crippen molar-refractivity contribution < 1.29 is 9.63 Å². The van der Waals surface area contributed by atoms with Crippen molar-refractivity contribution in [3.05, 3.63) is 0 Å². The van der Waals surface area contributed by atoms with Gasteiger partial charge in [-0.3, -0.25) is 9.63 Å². The van der Waals surface area contributed by atoms with Gasteiger partial charge in [0, 0.05) is 13.0 Å². The Hall–Kier alpha value is -0.410. The van der Waals surface area contributed by atoms with Crippen LogP contribution in [0.25, 0.3) is 0 Å². The van der Waals surface area contributed by atoms with Gasteiger partial charge in [-0.2, -0.15) is 5.06 Å². The van der Waals surface area contributed by atoms with Gasteiger partial charge in [0.2, 0.25) is 0 Å². The Bertz CT molecular complexity index is 245. The van der Waals surface area contributed by atoms with Gasteiger partial charge < -0.3 is 0 Å². The summed E-state index contributed by atoms with van der Waals surface area (Å²) in [5.41, 5.74) is 0.134. The van der Waals surface area contributed by atoms with Crippen LogP contribution in [0.2, 0.25) is 0 Å². The Morgan fingerprint density at radius 2 is 2.15 bits per heavy atom. The molecule has 2 heterocycles. The topological polar surface area (TPSA) is 29.5 Å². The van der Waals surface area contributed by atoms with E-state index in [1.807, 2.05) is 0 Å². The Labute approximate surface area is 78.0 Å². The molecule has 3 aliphatic rings. The van der Waals surface area contributed by atoms with E-state index in [4.69, 9.17) is 4.84 Å². The fourth-order valence-electron chi connectivity index (χ4n) is 3.27. The van der Waals surface area contributed by atoms with Gasteiger partial charge in [0.05, 0.1) is 18.1 Å². The smallest absolute Gasteiger partial charge is 0.141 e. The molecule has 0 aromatic rings. The summed E-state index contributed by atoms with van der Waals surface area (Å²) in [6.07, 6.45) is 5.58. The van der Waals surface area contributed by atoms with Gasteiger partial charge >= 0.3 is 0 Å². The summed E-state index contributed by atoms with van der Waals surface area (Å²) in [5.74, 6) is 0.638. The zero-order valence-electron chi connectivity index (χ0n) is 7.79. The van der Waals surface area contributed by atoms with Crippen LogP contribution in [0.5, 0.6) is 0 Å². The van der Waals surface area contributed by atoms with E-state index in [1.54, 1.807) is 0 Å². The summed E-state index contributed by atoms with van der Waals surface area (Å²) in [6, 6.07) is 0. The Kier molecular flexibility index (Phi) is 1.56. The quantitative estimate of drug-likeness (QED) is 0.561. The minimum atomic E-state index is 0.134. The van der Waals surface area contributed by atoms with Crippen molar-refractivity contribution in [3.63, 3.8) is 0 Å². The number of hydroxylamine groups is 2. The highest BCUT2D eigenvalue weighted by Crippen LogP contribution is 2.48. The maximum Gasteiger partial charge on any atom is 0.141 e. The average Bonchev–Trinajstić information content (AvgIpc) is 2.67. The first kappa shape index (κ1) is 7.94. The normalized spacial score (nSPS) is 41.7. The second-order valence-corrected chi connectivity index (χ2v) is 4.48. The molecular weight excluding hydrogens is 166 g/mol. The van der Waals surface area contributed by atoms with Crippen LogP contribution < -0.4 is 0 Å². The summed E-state index contributed by atoms with van der Waals surface area (Å²) < 4.78 is 0. The van der Waals surface area contributed by atoms with Crippen molar-refractivity contribution in [1.29, 1.82) is 0 Å². The maximum atomic E-state index is 11.7. The summed E-state index contributed by atoms with van der Waals surface area (Å²) in [5, 5.41) is 2.12. The van der Waals surface area contributed by atoms with E-state index in [1.165, 1.54) is 25.7 Å². The van der Waals surface area contributed by atoms with Gasteiger partial charge in [0.15, 0.2) is 0 Å². The molecule has 72 valence electrons. The molecule has 1 aliphatic carbocycles. The third-order valence-corrected chi connectivity index (χ3v) is 3.96. The van der Waals surface area contributed by atoms with Crippen molar-refractivity contribution in [1.82, 2.24) is 5.06 Å². The van der Waals surface area contributed by atoms with Crippen molar-refractivity contribution in [2.24, 2.45) is 5.92 Å². The first-order valence-corrected chi connectivity index (χ1v) is 5.26. The standard InChI is InChI=1S/C10H15NO2/c12-9-3-6-11-10(4-1-2-5-10)8(9)7-13-11/h8H,1-7H2. The molecule has 13 heavy (non-hydrogen) atoms. The number of Topliss-reactive ketones (excluding diaryl/α,β-unsaturated/α-hetero) is 1. The fraction of sp³-hybridized carbons (Fsp3) is 0.900. The molecule has 3 heteroatoms. The van der Waals surface area contributed by atoms with E-state index in [0.717, 1.165) is 6.54 Å². The van der Waals surface area contributed by atoms with Gasteiger partial charge in [0.1, 0.15) is 5.78 Å². The zero-order chi connectivity index (χ0) is 8.89. The molecule has 2 bridgehead atoms. The van der Waals surface area contributed by atoms with Crippen LogP contribution >= 0.6 is 0 Å². The number of ketones is 1. The Morgan fingerprint density at radius 3 is 2.92 bits per heavy atom. The lowest BCUT2D eigenvalue weighted by Gasteiger charge is -2.39. The van der Waals surface area contributed by atoms with Gasteiger partial charge in [-0.1, -0.05) is 12.8 Å². The molecule has 1 saturated carbocycles. The maximum absolute atomic E-state index is 11.7. The number of nitrogens with zero attached hydrogens (tertiary/aromatic N) is 1. The number of rotatable bonds is 0. The molecule has 2 atom stereocenters. The Balaban J connectivity index is 1.98. The number of hydrogen-bond acceptors (Lipinski definition) is 3. The van der Waals surface area contributed by atoms with Crippen LogP contribution in [0.4, 0.5) is 0 Å². The number of carbonyl (C=O) groups excluding carboxylic acids is 1. The fourth-order valence-corrected chi connectivity index (χ4v) is 3.27. The van der Waals surface area contributed by atoms with Crippen molar-refractivity contribution in [2.45, 2.75) is 37.6 Å². The van der Waals surface area contributed by atoms with Crippen LogP contribution in [0, 0.1) is 5.92 Å². The molecule has 0 aromatic carbocycles. The van der Waals surface area contributed by atoms with Crippen LogP contribution in [0.3, 0.4) is 0 Å². The molecule has 1 spiro atoms. The number of carbonyl (C=O) groups is 1. The summed E-state index contributed by atoms with van der Waals surface area (Å²) >= 11 is 0. The van der Waals surface area contributed by atoms with Crippen LogP contribution in [0.15, 0.2) is 0 Å². The van der Waals surface area contributed by atoms with E-state index in [9.17, 15) is 4.79 Å². The predicted octanol–water partition coefficient (Wildman–Crippen LogP) is 1.14.